The van der Waals surface area contributed by atoms with Gasteiger partial charge in [-0.25, -0.2) is 0 Å². The molecule has 114 valence electrons. The molecule has 1 unspecified atom stereocenters. The van der Waals surface area contributed by atoms with Crippen molar-refractivity contribution >= 4 is 5.97 Å². The van der Waals surface area contributed by atoms with Gasteiger partial charge in [-0.1, -0.05) is 6.42 Å². The second-order valence-corrected chi connectivity index (χ2v) is 5.53. The highest BCUT2D eigenvalue weighted by Crippen LogP contribution is 2.04. The van der Waals surface area contributed by atoms with E-state index in [9.17, 15) is 9.90 Å². The van der Waals surface area contributed by atoms with Crippen molar-refractivity contribution in [2.75, 3.05) is 40.3 Å². The third-order valence-corrected chi connectivity index (χ3v) is 2.70. The molecule has 0 fully saturated rings. The van der Waals surface area contributed by atoms with Crippen molar-refractivity contribution in [1.82, 2.24) is 10.2 Å². The molecule has 0 radical (unpaired) electrons. The van der Waals surface area contributed by atoms with Crippen molar-refractivity contribution in [3.8, 4) is 0 Å². The molecule has 0 aromatic carbocycles. The molecular weight excluding hydrogens is 244 g/mol. The molecule has 0 aromatic rings. The largest absolute Gasteiger partial charge is 0.466 e. The van der Waals surface area contributed by atoms with Crippen LogP contribution in [0.3, 0.4) is 0 Å². The van der Waals surface area contributed by atoms with E-state index in [4.69, 9.17) is 4.74 Å². The number of unbranched alkanes of at least 4 members (excludes halogenated alkanes) is 2. The number of aliphatic hydroxyl groups is 1. The number of nitrogens with zero attached hydrogens (tertiary/aromatic N) is 1. The molecule has 0 spiro atoms. The van der Waals surface area contributed by atoms with Gasteiger partial charge >= 0.3 is 5.97 Å². The Morgan fingerprint density at radius 1 is 1.32 bits per heavy atom. The Kier molecular flexibility index (Phi) is 9.83. The van der Waals surface area contributed by atoms with Crippen molar-refractivity contribution in [2.24, 2.45) is 0 Å². The van der Waals surface area contributed by atoms with Gasteiger partial charge in [-0.15, -0.1) is 0 Å². The number of carbonyl (C=O) groups is 1. The number of carbonyl (C=O) groups excluding carboxylic acids is 1. The monoisotopic (exact) mass is 274 g/mol. The van der Waals surface area contributed by atoms with E-state index in [-0.39, 0.29) is 5.97 Å². The zero-order valence-electron chi connectivity index (χ0n) is 12.9. The summed E-state index contributed by atoms with van der Waals surface area (Å²) in [7, 11) is 3.90. The topological polar surface area (TPSA) is 61.8 Å². The number of ether oxygens (including phenoxy) is 1. The van der Waals surface area contributed by atoms with Gasteiger partial charge in [0.05, 0.1) is 12.2 Å². The fourth-order valence-electron chi connectivity index (χ4n) is 2.02. The zero-order valence-corrected chi connectivity index (χ0v) is 12.9. The van der Waals surface area contributed by atoms with Crippen LogP contribution in [0.1, 0.15) is 39.5 Å². The van der Waals surface area contributed by atoms with Gasteiger partial charge in [0, 0.05) is 19.5 Å². The lowest BCUT2D eigenvalue weighted by Crippen LogP contribution is -2.45. The Bertz CT molecular complexity index is 243. The van der Waals surface area contributed by atoms with Crippen LogP contribution in [-0.4, -0.2) is 61.9 Å². The summed E-state index contributed by atoms with van der Waals surface area (Å²) in [5.74, 6) is -0.107. The fraction of sp³-hybridized carbons (Fsp3) is 0.929. The van der Waals surface area contributed by atoms with E-state index in [2.05, 4.69) is 5.32 Å². The maximum absolute atomic E-state index is 11.1. The molecule has 2 N–H and O–H groups in total. The number of hydrogen-bond acceptors (Lipinski definition) is 5. The van der Waals surface area contributed by atoms with Crippen LogP contribution in [-0.2, 0) is 9.53 Å². The van der Waals surface area contributed by atoms with Crippen molar-refractivity contribution in [3.63, 3.8) is 0 Å². The molecule has 0 heterocycles. The summed E-state index contributed by atoms with van der Waals surface area (Å²) in [5.41, 5.74) is -0.700. The summed E-state index contributed by atoms with van der Waals surface area (Å²) in [6.45, 7) is 6.21. The number of nitrogens with one attached hydrogen (secondary N) is 1. The van der Waals surface area contributed by atoms with E-state index >= 15 is 0 Å². The van der Waals surface area contributed by atoms with Crippen molar-refractivity contribution in [2.45, 2.75) is 45.1 Å². The van der Waals surface area contributed by atoms with Crippen molar-refractivity contribution in [3.05, 3.63) is 0 Å². The zero-order chi connectivity index (χ0) is 14.7. The molecule has 0 saturated heterocycles. The highest BCUT2D eigenvalue weighted by molar-refractivity contribution is 5.69. The molecule has 5 nitrogen and oxygen atoms in total. The van der Waals surface area contributed by atoms with Crippen molar-refractivity contribution < 1.29 is 14.6 Å². The summed E-state index contributed by atoms with van der Waals surface area (Å²) in [6.07, 6.45) is 3.39. The summed E-state index contributed by atoms with van der Waals surface area (Å²) >= 11 is 0. The van der Waals surface area contributed by atoms with Gasteiger partial charge in [0.2, 0.25) is 0 Å². The number of hydrogen-bond donors (Lipinski definition) is 2. The minimum atomic E-state index is -0.700. The SMILES string of the molecule is CCOC(=O)CCCCCNCC(C)(O)CN(C)C. The lowest BCUT2D eigenvalue weighted by molar-refractivity contribution is -0.143. The highest BCUT2D eigenvalue weighted by Gasteiger charge is 2.20. The first-order valence-corrected chi connectivity index (χ1v) is 7.11. The minimum Gasteiger partial charge on any atom is -0.466 e. The smallest absolute Gasteiger partial charge is 0.305 e. The van der Waals surface area contributed by atoms with E-state index in [0.29, 0.717) is 26.1 Å². The third-order valence-electron chi connectivity index (χ3n) is 2.70. The minimum absolute atomic E-state index is 0.107. The quantitative estimate of drug-likeness (QED) is 0.435. The predicted octanol–water partition coefficient (Wildman–Crippen LogP) is 1.01. The lowest BCUT2D eigenvalue weighted by Gasteiger charge is -2.27. The summed E-state index contributed by atoms with van der Waals surface area (Å²) < 4.78 is 4.86. The standard InChI is InChI=1S/C14H30N2O3/c1-5-19-13(17)9-7-6-8-10-15-11-14(2,18)12-16(3)4/h15,18H,5-12H2,1-4H3. The first-order chi connectivity index (χ1) is 8.87. The molecule has 0 aromatic heterocycles. The van der Waals surface area contributed by atoms with Gasteiger partial charge in [-0.05, 0) is 47.3 Å². The molecule has 0 aliphatic heterocycles. The molecule has 0 amide bonds. The predicted molar refractivity (Wildman–Crippen MR) is 77.1 cm³/mol. The average Bonchev–Trinajstić information content (AvgIpc) is 2.26. The Morgan fingerprint density at radius 2 is 2.00 bits per heavy atom. The molecule has 0 aliphatic rings. The Hall–Kier alpha value is -0.650. The summed E-state index contributed by atoms with van der Waals surface area (Å²) in [4.78, 5) is 13.1. The second kappa shape index (κ2) is 10.2. The van der Waals surface area contributed by atoms with Crippen LogP contribution in [0.5, 0.6) is 0 Å². The summed E-state index contributed by atoms with van der Waals surface area (Å²) in [6, 6.07) is 0. The number of likely N-dealkylation sites (N-methyl/N-ethyl adjacent to an activating group) is 1. The average molecular weight is 274 g/mol. The van der Waals surface area contributed by atoms with Gasteiger partial charge in [-0.2, -0.15) is 0 Å². The lowest BCUT2D eigenvalue weighted by atomic mass is 10.1. The first kappa shape index (κ1) is 18.4. The van der Waals surface area contributed by atoms with Crippen molar-refractivity contribution in [1.29, 1.82) is 0 Å². The first-order valence-electron chi connectivity index (χ1n) is 7.11. The van der Waals surface area contributed by atoms with Gasteiger partial charge < -0.3 is 20.1 Å². The maximum atomic E-state index is 11.1. The van der Waals surface area contributed by atoms with Crippen LogP contribution in [0.15, 0.2) is 0 Å². The fourth-order valence-corrected chi connectivity index (χ4v) is 2.02. The maximum Gasteiger partial charge on any atom is 0.305 e. The van der Waals surface area contributed by atoms with Crippen LogP contribution >= 0.6 is 0 Å². The molecule has 0 bridgehead atoms. The molecule has 0 aliphatic carbocycles. The highest BCUT2D eigenvalue weighted by atomic mass is 16.5. The Labute approximate surface area is 117 Å². The number of rotatable bonds is 11. The molecular formula is C14H30N2O3. The molecule has 0 rings (SSSR count). The molecule has 0 saturated carbocycles. The Balaban J connectivity index is 3.42. The van der Waals surface area contributed by atoms with Gasteiger partial charge in [0.25, 0.3) is 0 Å². The Morgan fingerprint density at radius 3 is 2.58 bits per heavy atom. The van der Waals surface area contributed by atoms with E-state index in [1.54, 1.807) is 0 Å². The van der Waals surface area contributed by atoms with Gasteiger partial charge in [-0.3, -0.25) is 4.79 Å². The van der Waals surface area contributed by atoms with Crippen LogP contribution in [0, 0.1) is 0 Å². The van der Waals surface area contributed by atoms with Gasteiger partial charge in [0.15, 0.2) is 0 Å². The van der Waals surface area contributed by atoms with E-state index in [1.807, 2.05) is 32.8 Å². The molecule has 5 heteroatoms. The van der Waals surface area contributed by atoms with Crippen LogP contribution < -0.4 is 5.32 Å². The van der Waals surface area contributed by atoms with Crippen LogP contribution in [0.4, 0.5) is 0 Å². The molecule has 1 atom stereocenters. The summed E-state index contributed by atoms with van der Waals surface area (Å²) in [5, 5.41) is 13.3. The third kappa shape index (κ3) is 12.1. The second-order valence-electron chi connectivity index (χ2n) is 5.53. The van der Waals surface area contributed by atoms with E-state index < -0.39 is 5.60 Å². The molecule has 19 heavy (non-hydrogen) atoms. The number of esters is 1. The van der Waals surface area contributed by atoms with E-state index in [1.165, 1.54) is 0 Å². The van der Waals surface area contributed by atoms with Crippen LogP contribution in [0.25, 0.3) is 0 Å². The van der Waals surface area contributed by atoms with E-state index in [0.717, 1.165) is 25.8 Å². The van der Waals surface area contributed by atoms with Gasteiger partial charge in [0.1, 0.15) is 0 Å². The normalized spacial score (nSPS) is 14.4. The van der Waals surface area contributed by atoms with Crippen LogP contribution in [0.2, 0.25) is 0 Å².